The van der Waals surface area contributed by atoms with Gasteiger partial charge in [0, 0.05) is 5.54 Å². The van der Waals surface area contributed by atoms with Crippen LogP contribution in [0.15, 0.2) is 36.4 Å². The first kappa shape index (κ1) is 9.17. The van der Waals surface area contributed by atoms with E-state index in [0.29, 0.717) is 0 Å². The van der Waals surface area contributed by atoms with Gasteiger partial charge in [0.25, 0.3) is 0 Å². The molecule has 2 aromatic rings. The lowest BCUT2D eigenvalue weighted by Crippen LogP contribution is -2.22. The van der Waals surface area contributed by atoms with Crippen LogP contribution in [0, 0.1) is 0 Å². The Labute approximate surface area is 91.9 Å². The van der Waals surface area contributed by atoms with Gasteiger partial charge in [-0.3, -0.25) is 0 Å². The maximum absolute atomic E-state index is 2.46. The molecule has 0 aliphatic heterocycles. The van der Waals surface area contributed by atoms with E-state index in [-0.39, 0.29) is 0 Å². The van der Waals surface area contributed by atoms with Crippen LogP contribution in [-0.2, 0) is 0 Å². The van der Waals surface area contributed by atoms with Gasteiger partial charge in [-0.25, -0.2) is 0 Å². The third-order valence-corrected chi connectivity index (χ3v) is 5.71. The Bertz CT molecular complexity index is 492. The number of rotatable bonds is 1. The first-order valence-electron chi connectivity index (χ1n) is 5.60. The maximum atomic E-state index is 2.46. The lowest BCUT2D eigenvalue weighted by Gasteiger charge is -2.13. The number of fused-ring (bicyclic) bond motifs is 2. The van der Waals surface area contributed by atoms with Crippen LogP contribution < -0.4 is 0 Å². The summed E-state index contributed by atoms with van der Waals surface area (Å²) in [6.07, 6.45) is 0. The lowest BCUT2D eigenvalue weighted by molar-refractivity contribution is 1.35. The number of hydrogen-bond donors (Lipinski definition) is 0. The van der Waals surface area contributed by atoms with Crippen LogP contribution >= 0.6 is 0 Å². The summed E-state index contributed by atoms with van der Waals surface area (Å²) in [7, 11) is -1.03. The fourth-order valence-electron chi connectivity index (χ4n) is 2.63. The van der Waals surface area contributed by atoms with Crippen LogP contribution in [0.1, 0.15) is 16.7 Å². The van der Waals surface area contributed by atoms with Crippen LogP contribution in [0.2, 0.25) is 19.6 Å². The summed E-state index contributed by atoms with van der Waals surface area (Å²) in [5.74, 6) is 0. The average molecular weight is 212 g/mol. The molecule has 0 radical (unpaired) electrons. The van der Waals surface area contributed by atoms with Crippen molar-refractivity contribution in [2.75, 3.05) is 0 Å². The summed E-state index contributed by atoms with van der Waals surface area (Å²) in [4.78, 5) is 0. The summed E-state index contributed by atoms with van der Waals surface area (Å²) in [5, 5.41) is 2.80. The van der Waals surface area contributed by atoms with Crippen LogP contribution in [0.3, 0.4) is 0 Å². The molecule has 0 fully saturated rings. The molecule has 0 unspecified atom stereocenters. The molecule has 0 nitrogen and oxygen atoms in total. The van der Waals surface area contributed by atoms with Crippen molar-refractivity contribution in [2.45, 2.75) is 25.2 Å². The Morgan fingerprint density at radius 3 is 1.73 bits per heavy atom. The van der Waals surface area contributed by atoms with Crippen molar-refractivity contribution in [3.05, 3.63) is 47.5 Å². The predicted molar refractivity (Wildman–Crippen MR) is 69.1 cm³/mol. The highest BCUT2D eigenvalue weighted by Gasteiger charge is 2.42. The van der Waals surface area contributed by atoms with Crippen LogP contribution in [0.25, 0.3) is 10.8 Å². The second kappa shape index (κ2) is 2.73. The SMILES string of the molecule is C[Si](C)(C)C1c2cc3ccccc3cc21. The molecule has 15 heavy (non-hydrogen) atoms. The van der Waals surface area contributed by atoms with Gasteiger partial charge in [0.2, 0.25) is 0 Å². The quantitative estimate of drug-likeness (QED) is 0.623. The van der Waals surface area contributed by atoms with Crippen molar-refractivity contribution >= 4 is 18.8 Å². The second-order valence-electron chi connectivity index (χ2n) is 5.63. The maximum Gasteiger partial charge on any atom is 0.0573 e. The number of benzene rings is 2. The van der Waals surface area contributed by atoms with E-state index in [1.165, 1.54) is 10.8 Å². The van der Waals surface area contributed by atoms with E-state index in [0.717, 1.165) is 5.54 Å². The van der Waals surface area contributed by atoms with Crippen molar-refractivity contribution in [3.63, 3.8) is 0 Å². The molecule has 3 rings (SSSR count). The zero-order valence-corrected chi connectivity index (χ0v) is 10.5. The molecule has 1 heteroatoms. The molecular weight excluding hydrogens is 196 g/mol. The highest BCUT2D eigenvalue weighted by Crippen LogP contribution is 2.50. The predicted octanol–water partition coefficient (Wildman–Crippen LogP) is 4.16. The minimum atomic E-state index is -1.03. The van der Waals surface area contributed by atoms with Gasteiger partial charge in [-0.05, 0) is 21.9 Å². The van der Waals surface area contributed by atoms with Crippen molar-refractivity contribution in [1.82, 2.24) is 0 Å². The summed E-state index contributed by atoms with van der Waals surface area (Å²) < 4.78 is 0. The Morgan fingerprint density at radius 1 is 0.867 bits per heavy atom. The van der Waals surface area contributed by atoms with Gasteiger partial charge in [-0.2, -0.15) is 0 Å². The summed E-state index contributed by atoms with van der Waals surface area (Å²) in [6, 6.07) is 13.5. The van der Waals surface area contributed by atoms with Crippen LogP contribution in [-0.4, -0.2) is 8.07 Å². The molecule has 0 aromatic heterocycles. The molecule has 0 spiro atoms. The third kappa shape index (κ3) is 1.34. The first-order valence-corrected chi connectivity index (χ1v) is 9.18. The van der Waals surface area contributed by atoms with E-state index in [4.69, 9.17) is 0 Å². The van der Waals surface area contributed by atoms with E-state index in [1.54, 1.807) is 11.1 Å². The summed E-state index contributed by atoms with van der Waals surface area (Å²) in [5.41, 5.74) is 4.06. The summed E-state index contributed by atoms with van der Waals surface area (Å²) >= 11 is 0. The molecule has 0 saturated carbocycles. The Kier molecular flexibility index (Phi) is 1.67. The average Bonchev–Trinajstić information content (AvgIpc) is 2.86. The molecule has 0 heterocycles. The Balaban J connectivity index is 2.16. The smallest absolute Gasteiger partial charge is 0.0573 e. The number of hydrogen-bond acceptors (Lipinski definition) is 0. The van der Waals surface area contributed by atoms with Gasteiger partial charge in [0.1, 0.15) is 0 Å². The largest absolute Gasteiger partial charge is 0.0688 e. The molecule has 0 bridgehead atoms. The normalized spacial score (nSPS) is 15.4. The molecule has 1 aliphatic carbocycles. The molecule has 0 amide bonds. The van der Waals surface area contributed by atoms with Crippen LogP contribution in [0.4, 0.5) is 0 Å². The van der Waals surface area contributed by atoms with E-state index in [9.17, 15) is 0 Å². The van der Waals surface area contributed by atoms with Gasteiger partial charge in [0.05, 0.1) is 8.07 Å². The summed E-state index contributed by atoms with van der Waals surface area (Å²) in [6.45, 7) is 7.38. The lowest BCUT2D eigenvalue weighted by atomic mass is 10.1. The van der Waals surface area contributed by atoms with Gasteiger partial charge >= 0.3 is 0 Å². The minimum absolute atomic E-state index is 0.824. The van der Waals surface area contributed by atoms with E-state index in [1.807, 2.05) is 0 Å². The Hall–Kier alpha value is -1.08. The third-order valence-electron chi connectivity index (χ3n) is 3.36. The molecule has 1 aliphatic rings. The topological polar surface area (TPSA) is 0 Å². The van der Waals surface area contributed by atoms with Crippen LogP contribution in [0.5, 0.6) is 0 Å². The second-order valence-corrected chi connectivity index (χ2v) is 10.9. The highest BCUT2D eigenvalue weighted by molar-refractivity contribution is 6.79. The fourth-order valence-corrected chi connectivity index (χ4v) is 4.91. The van der Waals surface area contributed by atoms with Crippen molar-refractivity contribution in [2.24, 2.45) is 0 Å². The molecule has 0 saturated heterocycles. The standard InChI is InChI=1S/C14H16Si/c1-15(2,3)14-12-8-10-6-4-5-7-11(10)9-13(12)14/h4-9,14H,1-3H3. The monoisotopic (exact) mass is 212 g/mol. The van der Waals surface area contributed by atoms with E-state index in [2.05, 4.69) is 56.0 Å². The van der Waals surface area contributed by atoms with Crippen molar-refractivity contribution in [3.8, 4) is 0 Å². The van der Waals surface area contributed by atoms with Gasteiger partial charge in [-0.15, -0.1) is 0 Å². The molecule has 0 N–H and O–H groups in total. The highest BCUT2D eigenvalue weighted by atomic mass is 28.3. The van der Waals surface area contributed by atoms with Gasteiger partial charge in [-0.1, -0.05) is 56.0 Å². The first-order chi connectivity index (χ1) is 7.07. The van der Waals surface area contributed by atoms with E-state index < -0.39 is 8.07 Å². The van der Waals surface area contributed by atoms with Gasteiger partial charge < -0.3 is 0 Å². The zero-order chi connectivity index (χ0) is 10.6. The zero-order valence-electron chi connectivity index (χ0n) is 9.54. The molecule has 76 valence electrons. The Morgan fingerprint density at radius 2 is 1.33 bits per heavy atom. The minimum Gasteiger partial charge on any atom is -0.0688 e. The fraction of sp³-hybridized carbons (Fsp3) is 0.286. The molecular formula is C14H16Si. The van der Waals surface area contributed by atoms with Crippen molar-refractivity contribution in [1.29, 1.82) is 0 Å². The van der Waals surface area contributed by atoms with Gasteiger partial charge in [0.15, 0.2) is 0 Å². The molecule has 0 atom stereocenters. The van der Waals surface area contributed by atoms with E-state index >= 15 is 0 Å². The molecule has 2 aromatic carbocycles. The van der Waals surface area contributed by atoms with Crippen molar-refractivity contribution < 1.29 is 0 Å².